The summed E-state index contributed by atoms with van der Waals surface area (Å²) in [4.78, 5) is 15.4. The largest absolute Gasteiger partial charge is 0.467 e. The minimum absolute atomic E-state index is 0.270. The highest BCUT2D eigenvalue weighted by Crippen LogP contribution is 2.25. The number of carbonyl (C=O) groups is 1. The number of benzene rings is 1. The number of thioether (sulfide) groups is 1. The molecule has 1 rings (SSSR count). The van der Waals surface area contributed by atoms with Crippen LogP contribution in [-0.4, -0.2) is 51.4 Å². The molecule has 0 aliphatic heterocycles. The van der Waals surface area contributed by atoms with Crippen LogP contribution in [0, 0.1) is 0 Å². The summed E-state index contributed by atoms with van der Waals surface area (Å²) in [5.41, 5.74) is 0.0997. The lowest BCUT2D eigenvalue weighted by Gasteiger charge is -2.29. The van der Waals surface area contributed by atoms with Crippen LogP contribution < -0.4 is 5.32 Å². The normalized spacial score (nSPS) is 14.1. The number of likely N-dealkylation sites (N-methyl/N-ethyl adjacent to an activating group) is 1. The second-order valence-corrected chi connectivity index (χ2v) is 5.95. The van der Waals surface area contributed by atoms with E-state index in [4.69, 9.17) is 4.74 Å². The van der Waals surface area contributed by atoms with E-state index in [0.717, 1.165) is 12.1 Å². The minimum atomic E-state index is -0.818. The van der Waals surface area contributed by atoms with E-state index in [9.17, 15) is 4.79 Å². The van der Waals surface area contributed by atoms with Crippen LogP contribution in [0.3, 0.4) is 0 Å². The fourth-order valence-corrected chi connectivity index (χ4v) is 2.36. The van der Waals surface area contributed by atoms with E-state index < -0.39 is 5.54 Å². The molecule has 0 spiro atoms. The average Bonchev–Trinajstić information content (AvgIpc) is 2.45. The van der Waals surface area contributed by atoms with E-state index in [1.165, 1.54) is 12.0 Å². The SMILES string of the molecule is COC(=O)C(C)(NCCN(C)C)c1ccc(SC)cc1. The second kappa shape index (κ2) is 7.67. The molecule has 112 valence electrons. The second-order valence-electron chi connectivity index (χ2n) is 5.08. The lowest BCUT2D eigenvalue weighted by atomic mass is 9.92. The number of methoxy groups -OCH3 is 1. The van der Waals surface area contributed by atoms with Crippen molar-refractivity contribution in [2.24, 2.45) is 0 Å². The molecular formula is C15H24N2O2S. The highest BCUT2D eigenvalue weighted by Gasteiger charge is 2.35. The number of ether oxygens (including phenoxy) is 1. The number of hydrogen-bond acceptors (Lipinski definition) is 5. The van der Waals surface area contributed by atoms with Crippen molar-refractivity contribution in [3.8, 4) is 0 Å². The Labute approximate surface area is 125 Å². The summed E-state index contributed by atoms with van der Waals surface area (Å²) in [5.74, 6) is -0.270. The van der Waals surface area contributed by atoms with Gasteiger partial charge in [-0.2, -0.15) is 0 Å². The Hall–Kier alpha value is -1.04. The summed E-state index contributed by atoms with van der Waals surface area (Å²) in [6, 6.07) is 8.00. The van der Waals surface area contributed by atoms with E-state index in [0.29, 0.717) is 6.54 Å². The smallest absolute Gasteiger partial charge is 0.330 e. The minimum Gasteiger partial charge on any atom is -0.467 e. The van der Waals surface area contributed by atoms with Gasteiger partial charge >= 0.3 is 5.97 Å². The number of nitrogens with one attached hydrogen (secondary N) is 1. The lowest BCUT2D eigenvalue weighted by molar-refractivity contribution is -0.148. The Balaban J connectivity index is 2.94. The lowest BCUT2D eigenvalue weighted by Crippen LogP contribution is -2.49. The van der Waals surface area contributed by atoms with Gasteiger partial charge in [-0.15, -0.1) is 11.8 Å². The summed E-state index contributed by atoms with van der Waals surface area (Å²) in [6.45, 7) is 3.43. The standard InChI is InChI=1S/C15H24N2O2S/c1-15(14(18)19-4,16-10-11-17(2)3)12-6-8-13(20-5)9-7-12/h6-9,16H,10-11H2,1-5H3. The molecule has 1 N–H and O–H groups in total. The van der Waals surface area contributed by atoms with E-state index in [1.54, 1.807) is 11.8 Å². The van der Waals surface area contributed by atoms with Crippen molar-refractivity contribution in [3.63, 3.8) is 0 Å². The molecule has 1 unspecified atom stereocenters. The van der Waals surface area contributed by atoms with Gasteiger partial charge in [0.2, 0.25) is 0 Å². The van der Waals surface area contributed by atoms with Crippen molar-refractivity contribution in [1.29, 1.82) is 0 Å². The summed E-state index contributed by atoms with van der Waals surface area (Å²) in [7, 11) is 5.43. The Morgan fingerprint density at radius 1 is 1.35 bits per heavy atom. The van der Waals surface area contributed by atoms with Crippen LogP contribution in [-0.2, 0) is 15.1 Å². The Bertz CT molecular complexity index is 434. The summed E-state index contributed by atoms with van der Waals surface area (Å²) >= 11 is 1.68. The quantitative estimate of drug-likeness (QED) is 0.615. The predicted octanol–water partition coefficient (Wildman–Crippen LogP) is 1.95. The predicted molar refractivity (Wildman–Crippen MR) is 84.1 cm³/mol. The zero-order chi connectivity index (χ0) is 15.2. The van der Waals surface area contributed by atoms with E-state index in [-0.39, 0.29) is 5.97 Å². The Morgan fingerprint density at radius 3 is 2.40 bits per heavy atom. The van der Waals surface area contributed by atoms with Crippen LogP contribution in [0.5, 0.6) is 0 Å². The monoisotopic (exact) mass is 296 g/mol. The molecule has 1 aromatic rings. The first kappa shape index (κ1) is 17.0. The number of rotatable bonds is 7. The van der Waals surface area contributed by atoms with Gasteiger partial charge in [0, 0.05) is 18.0 Å². The molecule has 0 bridgehead atoms. The molecule has 0 aromatic heterocycles. The van der Waals surface area contributed by atoms with Gasteiger partial charge in [0.1, 0.15) is 5.54 Å². The molecule has 5 heteroatoms. The molecule has 0 fully saturated rings. The maximum Gasteiger partial charge on any atom is 0.330 e. The first-order valence-corrected chi connectivity index (χ1v) is 7.79. The summed E-state index contributed by atoms with van der Waals surface area (Å²) in [6.07, 6.45) is 2.03. The number of esters is 1. The van der Waals surface area contributed by atoms with Gasteiger partial charge in [-0.25, -0.2) is 4.79 Å². The first-order chi connectivity index (χ1) is 9.43. The third-order valence-electron chi connectivity index (χ3n) is 3.30. The highest BCUT2D eigenvalue weighted by molar-refractivity contribution is 7.98. The highest BCUT2D eigenvalue weighted by atomic mass is 32.2. The van der Waals surface area contributed by atoms with E-state index in [1.807, 2.05) is 51.5 Å². The molecule has 0 saturated heterocycles. The molecule has 1 atom stereocenters. The molecule has 0 heterocycles. The zero-order valence-electron chi connectivity index (χ0n) is 12.9. The molecule has 0 amide bonds. The summed E-state index contributed by atoms with van der Waals surface area (Å²) in [5, 5.41) is 3.31. The number of nitrogens with zero attached hydrogens (tertiary/aromatic N) is 1. The van der Waals surface area contributed by atoms with Crippen LogP contribution in [0.25, 0.3) is 0 Å². The molecule has 0 saturated carbocycles. The Morgan fingerprint density at radius 2 is 1.95 bits per heavy atom. The van der Waals surface area contributed by atoms with Crippen molar-refractivity contribution in [3.05, 3.63) is 29.8 Å². The van der Waals surface area contributed by atoms with Gasteiger partial charge in [0.05, 0.1) is 7.11 Å². The zero-order valence-corrected chi connectivity index (χ0v) is 13.7. The van der Waals surface area contributed by atoms with Crippen LogP contribution in [0.1, 0.15) is 12.5 Å². The van der Waals surface area contributed by atoms with E-state index >= 15 is 0 Å². The summed E-state index contributed by atoms with van der Waals surface area (Å²) < 4.78 is 4.96. The van der Waals surface area contributed by atoms with Gasteiger partial charge in [-0.1, -0.05) is 12.1 Å². The molecule has 4 nitrogen and oxygen atoms in total. The molecule has 1 aromatic carbocycles. The third-order valence-corrected chi connectivity index (χ3v) is 4.04. The molecular weight excluding hydrogens is 272 g/mol. The van der Waals surface area contributed by atoms with Crippen molar-refractivity contribution in [1.82, 2.24) is 10.2 Å². The van der Waals surface area contributed by atoms with Crippen LogP contribution in [0.15, 0.2) is 29.2 Å². The van der Waals surface area contributed by atoms with Gasteiger partial charge in [0.15, 0.2) is 0 Å². The van der Waals surface area contributed by atoms with Crippen LogP contribution in [0.4, 0.5) is 0 Å². The maximum atomic E-state index is 12.2. The fourth-order valence-electron chi connectivity index (χ4n) is 1.95. The van der Waals surface area contributed by atoms with Crippen molar-refractivity contribution in [2.75, 3.05) is 40.6 Å². The van der Waals surface area contributed by atoms with Crippen LogP contribution in [0.2, 0.25) is 0 Å². The molecule has 20 heavy (non-hydrogen) atoms. The topological polar surface area (TPSA) is 41.6 Å². The van der Waals surface area contributed by atoms with Gasteiger partial charge in [0.25, 0.3) is 0 Å². The Kier molecular flexibility index (Phi) is 6.52. The van der Waals surface area contributed by atoms with Gasteiger partial charge in [-0.05, 0) is 45.0 Å². The molecule has 0 aliphatic carbocycles. The average molecular weight is 296 g/mol. The third kappa shape index (κ3) is 4.23. The van der Waals surface area contributed by atoms with Crippen molar-refractivity contribution >= 4 is 17.7 Å². The number of carbonyl (C=O) groups excluding carboxylic acids is 1. The van der Waals surface area contributed by atoms with Gasteiger partial charge < -0.3 is 9.64 Å². The number of hydrogen-bond donors (Lipinski definition) is 1. The van der Waals surface area contributed by atoms with Crippen molar-refractivity contribution < 1.29 is 9.53 Å². The van der Waals surface area contributed by atoms with Gasteiger partial charge in [-0.3, -0.25) is 5.32 Å². The first-order valence-electron chi connectivity index (χ1n) is 6.56. The molecule has 0 radical (unpaired) electrons. The van der Waals surface area contributed by atoms with Crippen LogP contribution >= 0.6 is 11.8 Å². The van der Waals surface area contributed by atoms with Crippen molar-refractivity contribution in [2.45, 2.75) is 17.4 Å². The molecule has 0 aliphatic rings. The maximum absolute atomic E-state index is 12.2. The fraction of sp³-hybridized carbons (Fsp3) is 0.533. The van der Waals surface area contributed by atoms with E-state index in [2.05, 4.69) is 10.2 Å².